The SMILES string of the molecule is CCn1c(CNc2ccccc2)nc2ccc(F)cc21. The number of benzene rings is 2. The second kappa shape index (κ2) is 5.33. The van der Waals surface area contributed by atoms with Gasteiger partial charge in [0.15, 0.2) is 0 Å². The molecule has 0 amide bonds. The Hall–Kier alpha value is -2.36. The van der Waals surface area contributed by atoms with Gasteiger partial charge >= 0.3 is 0 Å². The molecule has 1 aromatic heterocycles. The summed E-state index contributed by atoms with van der Waals surface area (Å²) in [4.78, 5) is 4.57. The van der Waals surface area contributed by atoms with Gasteiger partial charge in [-0.05, 0) is 37.3 Å². The van der Waals surface area contributed by atoms with Crippen molar-refractivity contribution in [1.29, 1.82) is 0 Å². The van der Waals surface area contributed by atoms with Crippen LogP contribution in [0.1, 0.15) is 12.7 Å². The lowest BCUT2D eigenvalue weighted by molar-refractivity contribution is 0.627. The number of para-hydroxylation sites is 1. The maximum Gasteiger partial charge on any atom is 0.129 e. The third-order valence-corrected chi connectivity index (χ3v) is 3.33. The fourth-order valence-corrected chi connectivity index (χ4v) is 2.37. The zero-order chi connectivity index (χ0) is 13.9. The molecule has 1 heterocycles. The molecule has 0 spiro atoms. The first-order valence-electron chi connectivity index (χ1n) is 6.71. The minimum absolute atomic E-state index is 0.227. The quantitative estimate of drug-likeness (QED) is 0.780. The van der Waals surface area contributed by atoms with Crippen LogP contribution in [0, 0.1) is 5.82 Å². The maximum absolute atomic E-state index is 13.4. The number of rotatable bonds is 4. The summed E-state index contributed by atoms with van der Waals surface area (Å²) in [7, 11) is 0. The van der Waals surface area contributed by atoms with Gasteiger partial charge in [-0.15, -0.1) is 0 Å². The van der Waals surface area contributed by atoms with Crippen molar-refractivity contribution < 1.29 is 4.39 Å². The molecule has 2 aromatic carbocycles. The lowest BCUT2D eigenvalue weighted by atomic mass is 10.3. The average molecular weight is 269 g/mol. The molecular formula is C16H16FN3. The Balaban J connectivity index is 1.91. The number of fused-ring (bicyclic) bond motifs is 1. The number of hydrogen-bond acceptors (Lipinski definition) is 2. The van der Waals surface area contributed by atoms with Crippen molar-refractivity contribution in [2.75, 3.05) is 5.32 Å². The van der Waals surface area contributed by atoms with E-state index >= 15 is 0 Å². The van der Waals surface area contributed by atoms with Gasteiger partial charge in [-0.1, -0.05) is 18.2 Å². The predicted octanol–water partition coefficient (Wildman–Crippen LogP) is 3.81. The van der Waals surface area contributed by atoms with Crippen LogP contribution in [0.15, 0.2) is 48.5 Å². The minimum Gasteiger partial charge on any atom is -0.378 e. The number of nitrogens with zero attached hydrogens (tertiary/aromatic N) is 2. The van der Waals surface area contributed by atoms with Crippen molar-refractivity contribution >= 4 is 16.7 Å². The number of hydrogen-bond donors (Lipinski definition) is 1. The highest BCUT2D eigenvalue weighted by molar-refractivity contribution is 5.76. The number of imidazole rings is 1. The highest BCUT2D eigenvalue weighted by Crippen LogP contribution is 2.18. The molecule has 0 bridgehead atoms. The number of aromatic nitrogens is 2. The fourth-order valence-electron chi connectivity index (χ4n) is 2.37. The fraction of sp³-hybridized carbons (Fsp3) is 0.188. The van der Waals surface area contributed by atoms with E-state index in [-0.39, 0.29) is 5.82 Å². The summed E-state index contributed by atoms with van der Waals surface area (Å²) in [5.74, 6) is 0.687. The highest BCUT2D eigenvalue weighted by Gasteiger charge is 2.09. The zero-order valence-corrected chi connectivity index (χ0v) is 11.3. The van der Waals surface area contributed by atoms with Gasteiger partial charge in [-0.2, -0.15) is 0 Å². The Kier molecular flexibility index (Phi) is 3.37. The van der Waals surface area contributed by atoms with Crippen LogP contribution in [0.5, 0.6) is 0 Å². The van der Waals surface area contributed by atoms with Crippen LogP contribution in [0.25, 0.3) is 11.0 Å². The van der Waals surface area contributed by atoms with Gasteiger partial charge < -0.3 is 9.88 Å². The smallest absolute Gasteiger partial charge is 0.129 e. The van der Waals surface area contributed by atoms with Crippen molar-refractivity contribution in [2.45, 2.75) is 20.0 Å². The Morgan fingerprint density at radius 2 is 1.95 bits per heavy atom. The summed E-state index contributed by atoms with van der Waals surface area (Å²) in [5, 5.41) is 3.33. The molecule has 0 radical (unpaired) electrons. The molecule has 1 N–H and O–H groups in total. The minimum atomic E-state index is -0.227. The molecule has 3 nitrogen and oxygen atoms in total. The van der Waals surface area contributed by atoms with E-state index in [1.165, 1.54) is 12.1 Å². The second-order valence-electron chi connectivity index (χ2n) is 4.62. The summed E-state index contributed by atoms with van der Waals surface area (Å²) < 4.78 is 15.4. The van der Waals surface area contributed by atoms with E-state index in [9.17, 15) is 4.39 Å². The number of halogens is 1. The summed E-state index contributed by atoms with van der Waals surface area (Å²) in [6, 6.07) is 14.7. The van der Waals surface area contributed by atoms with Crippen LogP contribution >= 0.6 is 0 Å². The molecule has 0 saturated carbocycles. The topological polar surface area (TPSA) is 29.9 Å². The van der Waals surface area contributed by atoms with Crippen molar-refractivity contribution in [3.05, 3.63) is 60.2 Å². The lowest BCUT2D eigenvalue weighted by Gasteiger charge is -2.08. The van der Waals surface area contributed by atoms with Gasteiger partial charge in [-0.3, -0.25) is 0 Å². The van der Waals surface area contributed by atoms with Crippen LogP contribution in [0.3, 0.4) is 0 Å². The standard InChI is InChI=1S/C16H16FN3/c1-2-20-15-10-12(17)8-9-14(15)19-16(20)11-18-13-6-4-3-5-7-13/h3-10,18H,2,11H2,1H3. The number of nitrogens with one attached hydrogen (secondary N) is 1. The third-order valence-electron chi connectivity index (χ3n) is 3.33. The molecule has 102 valence electrons. The molecule has 0 aliphatic heterocycles. The average Bonchev–Trinajstić information content (AvgIpc) is 2.83. The number of anilines is 1. The van der Waals surface area contributed by atoms with Crippen molar-refractivity contribution in [1.82, 2.24) is 9.55 Å². The summed E-state index contributed by atoms with van der Waals surface area (Å²) in [5.41, 5.74) is 2.73. The molecule has 0 atom stereocenters. The second-order valence-corrected chi connectivity index (χ2v) is 4.62. The normalized spacial score (nSPS) is 10.9. The van der Waals surface area contributed by atoms with E-state index in [0.717, 1.165) is 29.1 Å². The predicted molar refractivity (Wildman–Crippen MR) is 79.1 cm³/mol. The van der Waals surface area contributed by atoms with Crippen LogP contribution in [0.2, 0.25) is 0 Å². The zero-order valence-electron chi connectivity index (χ0n) is 11.3. The molecule has 0 aliphatic carbocycles. The first kappa shape index (κ1) is 12.7. The van der Waals surface area contributed by atoms with Crippen LogP contribution in [-0.4, -0.2) is 9.55 Å². The van der Waals surface area contributed by atoms with E-state index < -0.39 is 0 Å². The Morgan fingerprint density at radius 1 is 1.15 bits per heavy atom. The Morgan fingerprint density at radius 3 is 2.70 bits per heavy atom. The van der Waals surface area contributed by atoms with Crippen molar-refractivity contribution in [3.8, 4) is 0 Å². The highest BCUT2D eigenvalue weighted by atomic mass is 19.1. The van der Waals surface area contributed by atoms with Crippen molar-refractivity contribution in [3.63, 3.8) is 0 Å². The largest absolute Gasteiger partial charge is 0.378 e. The summed E-state index contributed by atoms with van der Waals surface area (Å²) >= 11 is 0. The summed E-state index contributed by atoms with van der Waals surface area (Å²) in [6.07, 6.45) is 0. The Bertz CT molecular complexity index is 719. The molecule has 3 rings (SSSR count). The van der Waals surface area contributed by atoms with Gasteiger partial charge in [0, 0.05) is 12.2 Å². The van der Waals surface area contributed by atoms with Crippen LogP contribution in [0.4, 0.5) is 10.1 Å². The van der Waals surface area contributed by atoms with E-state index in [1.54, 1.807) is 6.07 Å². The third kappa shape index (κ3) is 2.37. The molecule has 20 heavy (non-hydrogen) atoms. The monoisotopic (exact) mass is 269 g/mol. The maximum atomic E-state index is 13.4. The lowest BCUT2D eigenvalue weighted by Crippen LogP contribution is -2.07. The van der Waals surface area contributed by atoms with Crippen LogP contribution in [-0.2, 0) is 13.1 Å². The van der Waals surface area contributed by atoms with Gasteiger partial charge in [0.25, 0.3) is 0 Å². The van der Waals surface area contributed by atoms with Gasteiger partial charge in [-0.25, -0.2) is 9.37 Å². The van der Waals surface area contributed by atoms with Crippen LogP contribution < -0.4 is 5.32 Å². The molecule has 0 fully saturated rings. The van der Waals surface area contributed by atoms with E-state index in [2.05, 4.69) is 10.3 Å². The van der Waals surface area contributed by atoms with E-state index in [1.807, 2.05) is 41.8 Å². The molecular weight excluding hydrogens is 253 g/mol. The first-order chi connectivity index (χ1) is 9.78. The van der Waals surface area contributed by atoms with Gasteiger partial charge in [0.2, 0.25) is 0 Å². The molecule has 0 aliphatic rings. The number of aryl methyl sites for hydroxylation is 1. The van der Waals surface area contributed by atoms with E-state index in [4.69, 9.17) is 0 Å². The molecule has 0 unspecified atom stereocenters. The molecule has 4 heteroatoms. The van der Waals surface area contributed by atoms with E-state index in [0.29, 0.717) is 6.54 Å². The molecule has 0 saturated heterocycles. The van der Waals surface area contributed by atoms with Crippen molar-refractivity contribution in [2.24, 2.45) is 0 Å². The van der Waals surface area contributed by atoms with Gasteiger partial charge in [0.05, 0.1) is 17.6 Å². The van der Waals surface area contributed by atoms with Gasteiger partial charge in [0.1, 0.15) is 11.6 Å². The summed E-state index contributed by atoms with van der Waals surface area (Å²) in [6.45, 7) is 3.43. The molecule has 3 aromatic rings. The first-order valence-corrected chi connectivity index (χ1v) is 6.71. The Labute approximate surface area is 117 Å².